The summed E-state index contributed by atoms with van der Waals surface area (Å²) >= 11 is 0. The van der Waals surface area contributed by atoms with E-state index in [9.17, 15) is 9.90 Å². The molecular weight excluding hydrogens is 645 g/mol. The largest absolute Gasteiger partial charge is 0.478 e. The summed E-state index contributed by atoms with van der Waals surface area (Å²) in [6, 6.07) is 49.9. The zero-order valence-electron chi connectivity index (χ0n) is 31.1. The highest BCUT2D eigenvalue weighted by atomic mass is 16.4. The molecule has 53 heavy (non-hydrogen) atoms. The summed E-state index contributed by atoms with van der Waals surface area (Å²) in [5, 5.41) is 22.6. The molecule has 9 aromatic rings. The molecule has 0 aliphatic heterocycles. The van der Waals surface area contributed by atoms with Crippen LogP contribution in [0.3, 0.4) is 0 Å². The zero-order chi connectivity index (χ0) is 36.8. The van der Waals surface area contributed by atoms with Crippen LogP contribution < -0.4 is 0 Å². The Morgan fingerprint density at radius 3 is 1.40 bits per heavy atom. The van der Waals surface area contributed by atoms with Gasteiger partial charge in [0.15, 0.2) is 0 Å². The quantitative estimate of drug-likeness (QED) is 0.148. The van der Waals surface area contributed by atoms with Gasteiger partial charge in [-0.25, -0.2) is 4.79 Å². The average Bonchev–Trinajstić information content (AvgIpc) is 3.15. The maximum atomic E-state index is 12.5. The van der Waals surface area contributed by atoms with E-state index in [1.54, 1.807) is 12.1 Å². The van der Waals surface area contributed by atoms with Gasteiger partial charge < -0.3 is 5.11 Å². The Morgan fingerprint density at radius 2 is 0.906 bits per heavy atom. The van der Waals surface area contributed by atoms with Crippen LogP contribution in [0.5, 0.6) is 0 Å². The van der Waals surface area contributed by atoms with E-state index in [0.29, 0.717) is 11.1 Å². The van der Waals surface area contributed by atoms with Crippen LogP contribution in [0.15, 0.2) is 140 Å². The Bertz CT molecular complexity index is 2900. The monoisotopic (exact) mass is 686 g/mol. The number of fused-ring (bicyclic) bond motifs is 4. The van der Waals surface area contributed by atoms with Crippen LogP contribution in [-0.2, 0) is 10.8 Å². The minimum Gasteiger partial charge on any atom is -0.478 e. The smallest absolute Gasteiger partial charge is 0.336 e. The molecule has 0 saturated carbocycles. The number of aromatic carboxylic acids is 1. The van der Waals surface area contributed by atoms with Gasteiger partial charge in [0.2, 0.25) is 0 Å². The highest BCUT2D eigenvalue weighted by molar-refractivity contribution is 6.41. The Kier molecular flexibility index (Phi) is 7.30. The normalized spacial score (nSPS) is 12.5. The molecule has 0 unspecified atom stereocenters. The van der Waals surface area contributed by atoms with Crippen LogP contribution in [0, 0.1) is 0 Å². The molecule has 0 aliphatic rings. The summed E-state index contributed by atoms with van der Waals surface area (Å²) in [4.78, 5) is 12.5. The lowest BCUT2D eigenvalue weighted by atomic mass is 9.76. The maximum absolute atomic E-state index is 12.5. The third-order valence-corrected chi connectivity index (χ3v) is 11.2. The fourth-order valence-corrected chi connectivity index (χ4v) is 8.52. The first kappa shape index (κ1) is 32.9. The number of hydrogen-bond donors (Lipinski definition) is 1. The Hall–Kier alpha value is -5.99. The molecule has 0 spiro atoms. The van der Waals surface area contributed by atoms with Crippen molar-refractivity contribution in [2.45, 2.75) is 52.4 Å². The fraction of sp³-hybridized carbons (Fsp3) is 0.157. The van der Waals surface area contributed by atoms with Crippen LogP contribution in [0.25, 0.3) is 87.2 Å². The van der Waals surface area contributed by atoms with Crippen LogP contribution in [-0.4, -0.2) is 11.1 Å². The average molecular weight is 687 g/mol. The van der Waals surface area contributed by atoms with Crippen LogP contribution >= 0.6 is 0 Å². The summed E-state index contributed by atoms with van der Waals surface area (Å²) in [5.74, 6) is -0.930. The first-order chi connectivity index (χ1) is 25.4. The molecule has 0 aromatic heterocycles. The molecule has 0 aliphatic carbocycles. The molecule has 0 bridgehead atoms. The highest BCUT2D eigenvalue weighted by Crippen LogP contribution is 2.53. The molecule has 0 saturated heterocycles. The second-order valence-corrected chi connectivity index (χ2v) is 16.7. The first-order valence-electron chi connectivity index (χ1n) is 18.5. The molecular formula is C51H42O2. The standard InChI is InChI=1S/C51H42O2/c1-50(2,3)35-25-33-21-22-34-26-36(51(4,5)6)29-42-46(34)45(33)41(28-35)47-43(30-15-9-7-10-16-30)38-24-23-32(37-19-13-14-20-39(37)49(52)53)27-40(38)44(48(42)47)31-17-11-8-12-18-31/h7-29H,1-6H3,(H,52,53). The van der Waals surface area contributed by atoms with Gasteiger partial charge in [0.1, 0.15) is 0 Å². The summed E-state index contributed by atoms with van der Waals surface area (Å²) in [6.45, 7) is 13.8. The van der Waals surface area contributed by atoms with Crippen molar-refractivity contribution in [2.75, 3.05) is 0 Å². The van der Waals surface area contributed by atoms with E-state index in [1.807, 2.05) is 12.1 Å². The van der Waals surface area contributed by atoms with Gasteiger partial charge in [-0.3, -0.25) is 0 Å². The lowest BCUT2D eigenvalue weighted by molar-refractivity contribution is 0.0697. The first-order valence-corrected chi connectivity index (χ1v) is 18.5. The predicted molar refractivity (Wildman–Crippen MR) is 226 cm³/mol. The van der Waals surface area contributed by atoms with Gasteiger partial charge in [-0.05, 0) is 133 Å². The third kappa shape index (κ3) is 5.19. The maximum Gasteiger partial charge on any atom is 0.336 e. The Balaban J connectivity index is 1.63. The molecule has 0 fully saturated rings. The van der Waals surface area contributed by atoms with Crippen LogP contribution in [0.4, 0.5) is 0 Å². The molecule has 0 radical (unpaired) electrons. The molecule has 0 amide bonds. The highest BCUT2D eigenvalue weighted by Gasteiger charge is 2.27. The second kappa shape index (κ2) is 11.8. The molecule has 2 heteroatoms. The van der Waals surface area contributed by atoms with Gasteiger partial charge in [-0.2, -0.15) is 0 Å². The van der Waals surface area contributed by atoms with E-state index >= 15 is 0 Å². The Morgan fingerprint density at radius 1 is 0.434 bits per heavy atom. The summed E-state index contributed by atoms with van der Waals surface area (Å²) in [5.41, 5.74) is 9.01. The number of benzene rings is 9. The van der Waals surface area contributed by atoms with Gasteiger partial charge in [-0.1, -0.05) is 157 Å². The van der Waals surface area contributed by atoms with E-state index in [-0.39, 0.29) is 10.8 Å². The van der Waals surface area contributed by atoms with Gasteiger partial charge in [-0.15, -0.1) is 0 Å². The molecule has 0 atom stereocenters. The molecule has 9 aromatic carbocycles. The van der Waals surface area contributed by atoms with Crippen molar-refractivity contribution < 1.29 is 9.90 Å². The SMILES string of the molecule is CC(C)(C)c1cc2ccc3cc(C(C)(C)C)cc4c5c(-c6ccccc6)c6cc(-c7ccccc7C(=O)O)ccc6c(-c6ccccc6)c5c(c1)c2c34. The third-order valence-electron chi connectivity index (χ3n) is 11.2. The number of rotatable bonds is 4. The van der Waals surface area contributed by atoms with Gasteiger partial charge in [0.25, 0.3) is 0 Å². The summed E-state index contributed by atoms with van der Waals surface area (Å²) < 4.78 is 0. The Labute approximate surface area is 310 Å². The zero-order valence-corrected chi connectivity index (χ0v) is 31.1. The van der Waals surface area contributed by atoms with Gasteiger partial charge >= 0.3 is 5.97 Å². The topological polar surface area (TPSA) is 37.3 Å². The van der Waals surface area contributed by atoms with Crippen LogP contribution in [0.2, 0.25) is 0 Å². The molecule has 9 rings (SSSR count). The van der Waals surface area contributed by atoms with Gasteiger partial charge in [0.05, 0.1) is 5.56 Å². The molecule has 258 valence electrons. The number of hydrogen-bond acceptors (Lipinski definition) is 1. The number of carbonyl (C=O) groups is 1. The van der Waals surface area contributed by atoms with Crippen molar-refractivity contribution in [1.82, 2.24) is 0 Å². The van der Waals surface area contributed by atoms with Crippen molar-refractivity contribution in [1.29, 1.82) is 0 Å². The van der Waals surface area contributed by atoms with E-state index in [1.165, 1.54) is 65.3 Å². The van der Waals surface area contributed by atoms with E-state index in [0.717, 1.165) is 27.5 Å². The lowest BCUT2D eigenvalue weighted by Crippen LogP contribution is -2.12. The van der Waals surface area contributed by atoms with Crippen LogP contribution in [0.1, 0.15) is 63.0 Å². The molecule has 2 nitrogen and oxygen atoms in total. The van der Waals surface area contributed by atoms with Crippen molar-refractivity contribution in [3.8, 4) is 33.4 Å². The number of carboxylic acid groups (broad SMARTS) is 1. The van der Waals surface area contributed by atoms with Crippen molar-refractivity contribution in [3.05, 3.63) is 156 Å². The summed E-state index contributed by atoms with van der Waals surface area (Å²) in [7, 11) is 0. The predicted octanol–water partition coefficient (Wildman–Crippen LogP) is 14.2. The molecule has 0 heterocycles. The van der Waals surface area contributed by atoms with Gasteiger partial charge in [0, 0.05) is 0 Å². The second-order valence-electron chi connectivity index (χ2n) is 16.7. The lowest BCUT2D eigenvalue weighted by Gasteiger charge is -2.27. The fourth-order valence-electron chi connectivity index (χ4n) is 8.52. The summed E-state index contributed by atoms with van der Waals surface area (Å²) in [6.07, 6.45) is 0. The molecule has 1 N–H and O–H groups in total. The number of carboxylic acids is 1. The minimum absolute atomic E-state index is 0.0609. The minimum atomic E-state index is -0.930. The van der Waals surface area contributed by atoms with Crippen molar-refractivity contribution in [2.24, 2.45) is 0 Å². The van der Waals surface area contributed by atoms with E-state index < -0.39 is 5.97 Å². The van der Waals surface area contributed by atoms with E-state index in [4.69, 9.17) is 0 Å². The van der Waals surface area contributed by atoms with Crippen molar-refractivity contribution >= 4 is 59.8 Å². The van der Waals surface area contributed by atoms with Crippen molar-refractivity contribution in [3.63, 3.8) is 0 Å². The van der Waals surface area contributed by atoms with E-state index in [2.05, 4.69) is 157 Å².